The van der Waals surface area contributed by atoms with Crippen LogP contribution in [0.1, 0.15) is 30.3 Å². The van der Waals surface area contributed by atoms with Crippen molar-refractivity contribution < 1.29 is 44.6 Å². The van der Waals surface area contributed by atoms with Crippen molar-refractivity contribution in [1.29, 1.82) is 0 Å². The maximum atomic E-state index is 15.1. The molecule has 4 heterocycles. The van der Waals surface area contributed by atoms with E-state index in [1.165, 1.54) is 6.20 Å². The number of pyridine rings is 2. The molecule has 0 aliphatic carbocycles. The van der Waals surface area contributed by atoms with Gasteiger partial charge in [-0.1, -0.05) is 0 Å². The number of amides is 1. The zero-order chi connectivity index (χ0) is 26.3. The Labute approximate surface area is 201 Å². The highest BCUT2D eigenvalue weighted by atomic mass is 32.2. The zero-order valence-electron chi connectivity index (χ0n) is 18.6. The largest absolute Gasteiger partial charge is 0.478 e. The quantitative estimate of drug-likeness (QED) is 0.483. The van der Waals surface area contributed by atoms with Crippen LogP contribution in [-0.4, -0.2) is 58.8 Å². The van der Waals surface area contributed by atoms with Crippen LogP contribution in [0.25, 0.3) is 5.52 Å². The Kier molecular flexibility index (Phi) is 6.53. The summed E-state index contributed by atoms with van der Waals surface area (Å²) in [6, 6.07) is 2.82. The van der Waals surface area contributed by atoms with E-state index in [1.54, 1.807) is 6.92 Å². The highest BCUT2D eigenvalue weighted by Crippen LogP contribution is 2.33. The predicted molar refractivity (Wildman–Crippen MR) is 115 cm³/mol. The number of fused-ring (bicyclic) bond motifs is 1. The molecule has 3 aromatic rings. The van der Waals surface area contributed by atoms with Gasteiger partial charge in [-0.15, -0.1) is 0 Å². The molecule has 1 saturated heterocycles. The van der Waals surface area contributed by atoms with E-state index in [9.17, 15) is 30.8 Å². The molecule has 15 heteroatoms. The Hall–Kier alpha value is -3.49. The van der Waals surface area contributed by atoms with Crippen molar-refractivity contribution in [3.63, 3.8) is 0 Å². The maximum Gasteiger partial charge on any atom is 0.422 e. The molecule has 0 aromatic carbocycles. The van der Waals surface area contributed by atoms with Gasteiger partial charge in [-0.2, -0.15) is 18.3 Å². The fourth-order valence-electron chi connectivity index (χ4n) is 3.50. The molecule has 0 spiro atoms. The third-order valence-corrected chi connectivity index (χ3v) is 7.16. The number of hydrogen-bond acceptors (Lipinski definition) is 7. The van der Waals surface area contributed by atoms with Crippen LogP contribution in [0, 0.1) is 11.6 Å². The number of rotatable bonds is 6. The standard InChI is InChI=1S/C21H19F5N4O5S/c1-20(3-6-36(32,33)7-4-20)28-18(31)13-9-14-17(23)15(2-5-30(14)29-13)35-19-16(8-12(22)10-27-19)34-11-21(24,25)26/h2,5,8-10H,3-4,6-7,11H2,1H3,(H,28,31). The Morgan fingerprint density at radius 3 is 2.56 bits per heavy atom. The minimum atomic E-state index is -4.72. The Balaban J connectivity index is 1.55. The average Bonchev–Trinajstić information content (AvgIpc) is 3.23. The van der Waals surface area contributed by atoms with Crippen molar-refractivity contribution in [3.05, 3.63) is 47.9 Å². The lowest BCUT2D eigenvalue weighted by molar-refractivity contribution is -0.153. The highest BCUT2D eigenvalue weighted by molar-refractivity contribution is 7.91. The van der Waals surface area contributed by atoms with Gasteiger partial charge in [0.25, 0.3) is 11.8 Å². The summed E-state index contributed by atoms with van der Waals surface area (Å²) in [6.45, 7) is -0.0437. The molecule has 1 amide bonds. The van der Waals surface area contributed by atoms with E-state index < -0.39 is 63.1 Å². The molecule has 3 aromatic heterocycles. The molecule has 36 heavy (non-hydrogen) atoms. The summed E-state index contributed by atoms with van der Waals surface area (Å²) >= 11 is 0. The second-order valence-electron chi connectivity index (χ2n) is 8.48. The van der Waals surface area contributed by atoms with Gasteiger partial charge in [-0.05, 0) is 19.8 Å². The molecule has 194 valence electrons. The first-order chi connectivity index (χ1) is 16.7. The highest BCUT2D eigenvalue weighted by Gasteiger charge is 2.35. The molecule has 1 aliphatic heterocycles. The summed E-state index contributed by atoms with van der Waals surface area (Å²) in [6.07, 6.45) is -2.40. The molecule has 1 aliphatic rings. The summed E-state index contributed by atoms with van der Waals surface area (Å²) in [5.41, 5.74) is -1.14. The first-order valence-corrected chi connectivity index (χ1v) is 12.3. The second kappa shape index (κ2) is 9.19. The number of aromatic nitrogens is 3. The van der Waals surface area contributed by atoms with Crippen LogP contribution in [0.15, 0.2) is 30.6 Å². The second-order valence-corrected chi connectivity index (χ2v) is 10.8. The van der Waals surface area contributed by atoms with Gasteiger partial charge in [0.05, 0.1) is 17.7 Å². The van der Waals surface area contributed by atoms with Gasteiger partial charge in [0.15, 0.2) is 29.6 Å². The van der Waals surface area contributed by atoms with Gasteiger partial charge in [0, 0.05) is 29.9 Å². The molecule has 4 rings (SSSR count). The number of nitrogens with one attached hydrogen (secondary N) is 1. The molecular formula is C21H19F5N4O5S. The predicted octanol–water partition coefficient (Wildman–Crippen LogP) is 3.44. The minimum absolute atomic E-state index is 0.0730. The van der Waals surface area contributed by atoms with Crippen LogP contribution in [0.4, 0.5) is 22.0 Å². The van der Waals surface area contributed by atoms with E-state index in [4.69, 9.17) is 4.74 Å². The number of carbonyl (C=O) groups is 1. The summed E-state index contributed by atoms with van der Waals surface area (Å²) in [5.74, 6) is -4.60. The molecule has 0 atom stereocenters. The Morgan fingerprint density at radius 1 is 1.19 bits per heavy atom. The summed E-state index contributed by atoms with van der Waals surface area (Å²) in [4.78, 5) is 16.2. The lowest BCUT2D eigenvalue weighted by atomic mass is 9.94. The van der Waals surface area contributed by atoms with Crippen LogP contribution < -0.4 is 14.8 Å². The van der Waals surface area contributed by atoms with E-state index in [-0.39, 0.29) is 35.6 Å². The molecule has 0 radical (unpaired) electrons. The monoisotopic (exact) mass is 534 g/mol. The molecule has 9 nitrogen and oxygen atoms in total. The van der Waals surface area contributed by atoms with E-state index in [0.29, 0.717) is 12.3 Å². The van der Waals surface area contributed by atoms with Gasteiger partial charge in [0.1, 0.15) is 21.2 Å². The molecule has 0 bridgehead atoms. The smallest absolute Gasteiger partial charge is 0.422 e. The number of sulfone groups is 1. The third kappa shape index (κ3) is 5.83. The average molecular weight is 534 g/mol. The minimum Gasteiger partial charge on any atom is -0.478 e. The van der Waals surface area contributed by atoms with Crippen molar-refractivity contribution in [1.82, 2.24) is 19.9 Å². The first kappa shape index (κ1) is 25.6. The van der Waals surface area contributed by atoms with Crippen LogP contribution in [0.2, 0.25) is 0 Å². The van der Waals surface area contributed by atoms with Crippen LogP contribution in [-0.2, 0) is 9.84 Å². The number of halogens is 5. The fourth-order valence-corrected chi connectivity index (χ4v) is 5.23. The summed E-state index contributed by atoms with van der Waals surface area (Å²) in [7, 11) is -3.15. The lowest BCUT2D eigenvalue weighted by Crippen LogP contribution is -2.51. The van der Waals surface area contributed by atoms with Gasteiger partial charge >= 0.3 is 6.18 Å². The molecule has 1 fully saturated rings. The van der Waals surface area contributed by atoms with Gasteiger partial charge in [-0.25, -0.2) is 26.7 Å². The van der Waals surface area contributed by atoms with E-state index in [2.05, 4.69) is 20.1 Å². The van der Waals surface area contributed by atoms with Crippen LogP contribution >= 0.6 is 0 Å². The van der Waals surface area contributed by atoms with E-state index in [1.807, 2.05) is 0 Å². The molecular weight excluding hydrogens is 515 g/mol. The van der Waals surface area contributed by atoms with E-state index >= 15 is 4.39 Å². The van der Waals surface area contributed by atoms with Crippen molar-refractivity contribution in [2.75, 3.05) is 18.1 Å². The normalized spacial score (nSPS) is 17.1. The molecule has 1 N–H and O–H groups in total. The van der Waals surface area contributed by atoms with Crippen molar-refractivity contribution >= 4 is 21.3 Å². The first-order valence-electron chi connectivity index (χ1n) is 10.5. The Morgan fingerprint density at radius 2 is 1.89 bits per heavy atom. The van der Waals surface area contributed by atoms with E-state index in [0.717, 1.165) is 16.6 Å². The molecule has 0 unspecified atom stereocenters. The van der Waals surface area contributed by atoms with Crippen molar-refractivity contribution in [2.24, 2.45) is 0 Å². The molecule has 0 saturated carbocycles. The number of ether oxygens (including phenoxy) is 2. The van der Waals surface area contributed by atoms with Gasteiger partial charge in [0.2, 0.25) is 0 Å². The summed E-state index contributed by atoms with van der Waals surface area (Å²) < 4.78 is 100. The topological polar surface area (TPSA) is 112 Å². The Bertz CT molecular complexity index is 1410. The van der Waals surface area contributed by atoms with Crippen LogP contribution in [0.5, 0.6) is 17.4 Å². The zero-order valence-corrected chi connectivity index (χ0v) is 19.4. The SMILES string of the molecule is CC1(NC(=O)c2cc3c(F)c(Oc4ncc(F)cc4OCC(F)(F)F)ccn3n2)CCS(=O)(=O)CC1. The maximum absolute atomic E-state index is 15.1. The summed E-state index contributed by atoms with van der Waals surface area (Å²) in [5, 5.41) is 6.74. The third-order valence-electron chi connectivity index (χ3n) is 5.50. The van der Waals surface area contributed by atoms with Crippen molar-refractivity contribution in [2.45, 2.75) is 31.5 Å². The number of nitrogens with zero attached hydrogens (tertiary/aromatic N) is 3. The number of alkyl halides is 3. The number of hydrogen-bond donors (Lipinski definition) is 1. The number of carbonyl (C=O) groups excluding carboxylic acids is 1. The van der Waals surface area contributed by atoms with Gasteiger partial charge < -0.3 is 14.8 Å². The lowest BCUT2D eigenvalue weighted by Gasteiger charge is -2.34. The van der Waals surface area contributed by atoms with Gasteiger partial charge in [-0.3, -0.25) is 4.79 Å². The van der Waals surface area contributed by atoms with Crippen LogP contribution in [0.3, 0.4) is 0 Å². The fraction of sp³-hybridized carbons (Fsp3) is 0.381. The van der Waals surface area contributed by atoms with Crippen molar-refractivity contribution in [3.8, 4) is 17.4 Å².